The first-order valence-corrected chi connectivity index (χ1v) is 9.79. The van der Waals surface area contributed by atoms with Crippen LogP contribution in [0.5, 0.6) is 5.75 Å². The van der Waals surface area contributed by atoms with Crippen molar-refractivity contribution in [1.29, 1.82) is 0 Å². The number of methoxy groups -OCH3 is 1. The summed E-state index contributed by atoms with van der Waals surface area (Å²) in [4.78, 5) is 12.7. The van der Waals surface area contributed by atoms with Crippen LogP contribution in [0, 0.1) is 0 Å². The predicted molar refractivity (Wildman–Crippen MR) is 104 cm³/mol. The van der Waals surface area contributed by atoms with E-state index in [2.05, 4.69) is 10.2 Å². The number of hydrogen-bond donors (Lipinski definition) is 0. The van der Waals surface area contributed by atoms with Crippen molar-refractivity contribution < 1.29 is 27.1 Å². The summed E-state index contributed by atoms with van der Waals surface area (Å²) in [5, 5.41) is 8.74. The van der Waals surface area contributed by atoms with Gasteiger partial charge in [-0.2, -0.15) is 13.2 Å². The second-order valence-corrected chi connectivity index (χ2v) is 7.30. The van der Waals surface area contributed by atoms with E-state index in [1.165, 1.54) is 6.26 Å². The van der Waals surface area contributed by atoms with Gasteiger partial charge in [0.2, 0.25) is 5.91 Å². The minimum absolute atomic E-state index is 0.203. The van der Waals surface area contributed by atoms with E-state index < -0.39 is 18.6 Å². The van der Waals surface area contributed by atoms with Gasteiger partial charge in [0.25, 0.3) is 0 Å². The molecule has 2 heterocycles. The standard InChI is InChI=1S/C19H19F3N4O3S/c1-25(12-19(20,21)22)16(27)11-30-18-24-23-17(13-5-7-14(28-2)8-6-13)26(18)10-15-4-3-9-29-15/h3-9H,10-12H2,1-2H3. The number of carbonyl (C=O) groups excluding carboxylic acids is 1. The van der Waals surface area contributed by atoms with E-state index in [9.17, 15) is 18.0 Å². The fourth-order valence-electron chi connectivity index (χ4n) is 2.64. The maximum Gasteiger partial charge on any atom is 0.406 e. The normalized spacial score (nSPS) is 11.5. The summed E-state index contributed by atoms with van der Waals surface area (Å²) in [7, 11) is 2.68. The number of thioether (sulfide) groups is 1. The molecule has 0 spiro atoms. The van der Waals surface area contributed by atoms with Gasteiger partial charge >= 0.3 is 6.18 Å². The molecule has 30 heavy (non-hydrogen) atoms. The van der Waals surface area contributed by atoms with Crippen molar-refractivity contribution in [2.75, 3.05) is 26.5 Å². The number of benzene rings is 1. The number of alkyl halides is 3. The Kier molecular flexibility index (Phi) is 6.70. The molecule has 0 N–H and O–H groups in total. The van der Waals surface area contributed by atoms with Crippen molar-refractivity contribution in [3.63, 3.8) is 0 Å². The molecule has 0 aliphatic rings. The largest absolute Gasteiger partial charge is 0.497 e. The summed E-state index contributed by atoms with van der Waals surface area (Å²) in [5.74, 6) is 1.00. The fourth-order valence-corrected chi connectivity index (χ4v) is 3.52. The first kappa shape index (κ1) is 21.8. The minimum Gasteiger partial charge on any atom is -0.497 e. The first-order chi connectivity index (χ1) is 14.3. The van der Waals surface area contributed by atoms with Crippen molar-refractivity contribution in [2.45, 2.75) is 17.9 Å². The molecule has 0 saturated heterocycles. The molecule has 3 rings (SSSR count). The predicted octanol–water partition coefficient (Wildman–Crippen LogP) is 3.71. The van der Waals surface area contributed by atoms with Crippen LogP contribution in [0.4, 0.5) is 13.2 Å². The van der Waals surface area contributed by atoms with Crippen LogP contribution in [0.1, 0.15) is 5.76 Å². The van der Waals surface area contributed by atoms with Crippen molar-refractivity contribution in [2.24, 2.45) is 0 Å². The van der Waals surface area contributed by atoms with E-state index in [0.717, 1.165) is 24.4 Å². The van der Waals surface area contributed by atoms with Gasteiger partial charge in [-0.3, -0.25) is 9.36 Å². The molecule has 0 fully saturated rings. The molecular weight excluding hydrogens is 421 g/mol. The van der Waals surface area contributed by atoms with Gasteiger partial charge in [-0.05, 0) is 36.4 Å². The average molecular weight is 440 g/mol. The molecule has 0 aliphatic heterocycles. The molecule has 160 valence electrons. The molecule has 3 aromatic rings. The van der Waals surface area contributed by atoms with E-state index in [0.29, 0.717) is 33.9 Å². The molecule has 7 nitrogen and oxygen atoms in total. The third-order valence-electron chi connectivity index (χ3n) is 4.13. The fraction of sp³-hybridized carbons (Fsp3) is 0.316. The second-order valence-electron chi connectivity index (χ2n) is 6.35. The van der Waals surface area contributed by atoms with E-state index >= 15 is 0 Å². The van der Waals surface area contributed by atoms with Crippen molar-refractivity contribution in [3.05, 3.63) is 48.4 Å². The average Bonchev–Trinajstić information content (AvgIpc) is 3.35. The Labute approximate surface area is 174 Å². The van der Waals surface area contributed by atoms with Crippen LogP contribution in [-0.2, 0) is 11.3 Å². The number of hydrogen-bond acceptors (Lipinski definition) is 6. The summed E-state index contributed by atoms with van der Waals surface area (Å²) < 4.78 is 49.8. The molecule has 1 aromatic carbocycles. The molecule has 0 unspecified atom stereocenters. The van der Waals surface area contributed by atoms with Crippen LogP contribution in [-0.4, -0.2) is 58.2 Å². The zero-order valence-electron chi connectivity index (χ0n) is 16.2. The van der Waals surface area contributed by atoms with E-state index in [4.69, 9.17) is 9.15 Å². The second kappa shape index (κ2) is 9.24. The Morgan fingerprint density at radius 1 is 1.23 bits per heavy atom. The zero-order valence-corrected chi connectivity index (χ0v) is 17.0. The monoisotopic (exact) mass is 440 g/mol. The number of rotatable bonds is 8. The number of nitrogens with zero attached hydrogens (tertiary/aromatic N) is 4. The van der Waals surface area contributed by atoms with E-state index in [1.54, 1.807) is 35.9 Å². The minimum atomic E-state index is -4.45. The van der Waals surface area contributed by atoms with Crippen LogP contribution >= 0.6 is 11.8 Å². The zero-order chi connectivity index (χ0) is 21.7. The lowest BCUT2D eigenvalue weighted by atomic mass is 10.2. The molecule has 0 atom stereocenters. The quantitative estimate of drug-likeness (QED) is 0.498. The van der Waals surface area contributed by atoms with Gasteiger partial charge in [-0.15, -0.1) is 10.2 Å². The van der Waals surface area contributed by atoms with Crippen LogP contribution in [0.15, 0.2) is 52.2 Å². The van der Waals surface area contributed by atoms with Crippen molar-refractivity contribution in [3.8, 4) is 17.1 Å². The number of carbonyl (C=O) groups is 1. The molecule has 2 aromatic heterocycles. The van der Waals surface area contributed by atoms with Crippen molar-refractivity contribution in [1.82, 2.24) is 19.7 Å². The SMILES string of the molecule is COc1ccc(-c2nnc(SCC(=O)N(C)CC(F)(F)F)n2Cc2ccco2)cc1. The summed E-state index contributed by atoms with van der Waals surface area (Å²) in [6.07, 6.45) is -2.91. The van der Waals surface area contributed by atoms with Gasteiger partial charge in [0.1, 0.15) is 18.1 Å². The van der Waals surface area contributed by atoms with Gasteiger partial charge in [0, 0.05) is 12.6 Å². The maximum atomic E-state index is 12.5. The smallest absolute Gasteiger partial charge is 0.406 e. The summed E-state index contributed by atoms with van der Waals surface area (Å²) >= 11 is 1.02. The Hall–Kier alpha value is -2.95. The lowest BCUT2D eigenvalue weighted by Crippen LogP contribution is -2.36. The first-order valence-electron chi connectivity index (χ1n) is 8.80. The molecule has 0 radical (unpaired) electrons. The van der Waals surface area contributed by atoms with Crippen LogP contribution in [0.25, 0.3) is 11.4 Å². The maximum absolute atomic E-state index is 12.5. The van der Waals surface area contributed by atoms with Crippen LogP contribution in [0.2, 0.25) is 0 Å². The summed E-state index contributed by atoms with van der Waals surface area (Å²) in [6, 6.07) is 10.7. The Morgan fingerprint density at radius 2 is 1.97 bits per heavy atom. The molecule has 0 saturated carbocycles. The van der Waals surface area contributed by atoms with Gasteiger partial charge in [0.15, 0.2) is 11.0 Å². The molecule has 11 heteroatoms. The van der Waals surface area contributed by atoms with E-state index in [-0.39, 0.29) is 5.75 Å². The highest BCUT2D eigenvalue weighted by atomic mass is 32.2. The molecular formula is C19H19F3N4O3S. The summed E-state index contributed by atoms with van der Waals surface area (Å²) in [6.45, 7) is -1.00. The topological polar surface area (TPSA) is 73.4 Å². The number of aromatic nitrogens is 3. The number of amides is 1. The lowest BCUT2D eigenvalue weighted by Gasteiger charge is -2.18. The highest BCUT2D eigenvalue weighted by Crippen LogP contribution is 2.27. The third-order valence-corrected chi connectivity index (χ3v) is 5.08. The number of halogens is 3. The highest BCUT2D eigenvalue weighted by molar-refractivity contribution is 7.99. The highest BCUT2D eigenvalue weighted by Gasteiger charge is 2.31. The Morgan fingerprint density at radius 3 is 2.57 bits per heavy atom. The van der Waals surface area contributed by atoms with Gasteiger partial charge in [-0.25, -0.2) is 0 Å². The van der Waals surface area contributed by atoms with Gasteiger partial charge in [0.05, 0.1) is 25.7 Å². The van der Waals surface area contributed by atoms with Gasteiger partial charge in [-0.1, -0.05) is 11.8 Å². The van der Waals surface area contributed by atoms with Gasteiger partial charge < -0.3 is 14.1 Å². The van der Waals surface area contributed by atoms with Crippen LogP contribution in [0.3, 0.4) is 0 Å². The molecule has 1 amide bonds. The third kappa shape index (κ3) is 5.56. The van der Waals surface area contributed by atoms with Crippen molar-refractivity contribution >= 4 is 17.7 Å². The summed E-state index contributed by atoms with van der Waals surface area (Å²) in [5.41, 5.74) is 0.766. The number of furan rings is 1. The number of ether oxygens (including phenoxy) is 1. The van der Waals surface area contributed by atoms with E-state index in [1.807, 2.05) is 12.1 Å². The Balaban J connectivity index is 1.81. The molecule has 0 aliphatic carbocycles. The van der Waals surface area contributed by atoms with Crippen LogP contribution < -0.4 is 4.74 Å². The Bertz CT molecular complexity index is 972. The molecule has 0 bridgehead atoms. The lowest BCUT2D eigenvalue weighted by molar-refractivity contribution is -0.156.